The van der Waals surface area contributed by atoms with Crippen molar-refractivity contribution in [2.75, 3.05) is 13.2 Å². The van der Waals surface area contributed by atoms with Gasteiger partial charge in [-0.05, 0) is 30.7 Å². The molecule has 1 saturated carbocycles. The number of hydrogen-bond acceptors (Lipinski definition) is 5. The van der Waals surface area contributed by atoms with Crippen molar-refractivity contribution in [3.63, 3.8) is 0 Å². The number of ether oxygens (including phenoxy) is 1. The third-order valence-electron chi connectivity index (χ3n) is 4.42. The summed E-state index contributed by atoms with van der Waals surface area (Å²) in [5, 5.41) is 1.88. The highest BCUT2D eigenvalue weighted by molar-refractivity contribution is 7.89. The quantitative estimate of drug-likeness (QED) is 0.918. The van der Waals surface area contributed by atoms with Crippen molar-refractivity contribution >= 4 is 21.4 Å². The fourth-order valence-electron chi connectivity index (χ4n) is 3.45. The third-order valence-corrected chi connectivity index (χ3v) is 7.83. The predicted molar refractivity (Wildman–Crippen MR) is 82.8 cm³/mol. The number of morpholine rings is 1. The van der Waals surface area contributed by atoms with Crippen LogP contribution in [0.2, 0.25) is 0 Å². The van der Waals surface area contributed by atoms with Gasteiger partial charge in [-0.25, -0.2) is 8.42 Å². The highest BCUT2D eigenvalue weighted by Gasteiger charge is 2.42. The van der Waals surface area contributed by atoms with Crippen molar-refractivity contribution in [3.8, 4) is 0 Å². The van der Waals surface area contributed by atoms with E-state index < -0.39 is 10.0 Å². The summed E-state index contributed by atoms with van der Waals surface area (Å²) < 4.78 is 33.7. The Kier molecular flexibility index (Phi) is 4.38. The molecule has 1 aromatic heterocycles. The number of hydrogen-bond donors (Lipinski definition) is 1. The largest absolute Gasteiger partial charge is 0.375 e. The van der Waals surface area contributed by atoms with E-state index in [1.165, 1.54) is 11.3 Å². The Morgan fingerprint density at radius 3 is 2.95 bits per heavy atom. The summed E-state index contributed by atoms with van der Waals surface area (Å²) >= 11 is 1.43. The second kappa shape index (κ2) is 5.96. The number of fused-ring (bicyclic) bond motifs is 1. The van der Waals surface area contributed by atoms with E-state index in [1.807, 2.05) is 12.3 Å². The monoisotopic (exact) mass is 330 g/mol. The molecule has 0 aromatic carbocycles. The Balaban J connectivity index is 1.98. The maximum atomic E-state index is 13.1. The van der Waals surface area contributed by atoms with Crippen LogP contribution < -0.4 is 5.73 Å². The zero-order valence-electron chi connectivity index (χ0n) is 12.2. The number of thiophene rings is 1. The van der Waals surface area contributed by atoms with Gasteiger partial charge in [0.05, 0.1) is 18.8 Å². The smallest absolute Gasteiger partial charge is 0.244 e. The highest BCUT2D eigenvalue weighted by Crippen LogP contribution is 2.35. The second-order valence-electron chi connectivity index (χ2n) is 5.75. The minimum atomic E-state index is -3.48. The molecular formula is C14H22N2O3S2. The molecule has 2 unspecified atom stereocenters. The molecule has 0 spiro atoms. The molecule has 2 fully saturated rings. The van der Waals surface area contributed by atoms with Crippen molar-refractivity contribution in [1.29, 1.82) is 0 Å². The van der Waals surface area contributed by atoms with Gasteiger partial charge in [0.15, 0.2) is 0 Å². The van der Waals surface area contributed by atoms with Gasteiger partial charge in [0, 0.05) is 18.0 Å². The van der Waals surface area contributed by atoms with Crippen molar-refractivity contribution in [1.82, 2.24) is 4.31 Å². The zero-order valence-corrected chi connectivity index (χ0v) is 13.9. The van der Waals surface area contributed by atoms with Crippen LogP contribution >= 0.6 is 11.3 Å². The van der Waals surface area contributed by atoms with E-state index in [-0.39, 0.29) is 18.7 Å². The molecule has 1 aromatic rings. The van der Waals surface area contributed by atoms with E-state index in [9.17, 15) is 8.42 Å². The Morgan fingerprint density at radius 1 is 1.43 bits per heavy atom. The fraction of sp³-hybridized carbons (Fsp3) is 0.714. The molecular weight excluding hydrogens is 308 g/mol. The molecule has 118 valence electrons. The molecule has 2 aliphatic rings. The van der Waals surface area contributed by atoms with Gasteiger partial charge >= 0.3 is 0 Å². The lowest BCUT2D eigenvalue weighted by molar-refractivity contribution is -0.0586. The number of sulfonamides is 1. The summed E-state index contributed by atoms with van der Waals surface area (Å²) in [5.41, 5.74) is 6.53. The summed E-state index contributed by atoms with van der Waals surface area (Å²) in [5.74, 6) is 0. The van der Waals surface area contributed by atoms with Crippen LogP contribution in [0.4, 0.5) is 0 Å². The van der Waals surface area contributed by atoms with Crippen molar-refractivity contribution < 1.29 is 13.2 Å². The number of rotatable bonds is 3. The van der Waals surface area contributed by atoms with Crippen LogP contribution in [0.3, 0.4) is 0 Å². The van der Waals surface area contributed by atoms with Crippen LogP contribution in [0.5, 0.6) is 0 Å². The maximum absolute atomic E-state index is 13.1. The minimum Gasteiger partial charge on any atom is -0.375 e. The van der Waals surface area contributed by atoms with Crippen LogP contribution in [0.1, 0.15) is 36.1 Å². The lowest BCUT2D eigenvalue weighted by Crippen LogP contribution is -2.54. The summed E-state index contributed by atoms with van der Waals surface area (Å²) in [4.78, 5) is 1.19. The molecule has 0 radical (unpaired) electrons. The van der Waals surface area contributed by atoms with Gasteiger partial charge in [0.2, 0.25) is 10.0 Å². The Morgan fingerprint density at radius 2 is 2.19 bits per heavy atom. The molecule has 2 atom stereocenters. The van der Waals surface area contributed by atoms with E-state index in [0.717, 1.165) is 36.1 Å². The van der Waals surface area contributed by atoms with Gasteiger partial charge in [-0.1, -0.05) is 12.8 Å². The van der Waals surface area contributed by atoms with E-state index in [4.69, 9.17) is 10.5 Å². The molecule has 5 nitrogen and oxygen atoms in total. The normalized spacial score (nSPS) is 27.5. The highest BCUT2D eigenvalue weighted by atomic mass is 32.2. The molecule has 0 bridgehead atoms. The van der Waals surface area contributed by atoms with Crippen molar-refractivity contribution in [2.24, 2.45) is 5.73 Å². The van der Waals surface area contributed by atoms with Crippen LogP contribution in [-0.2, 0) is 21.3 Å². The summed E-state index contributed by atoms with van der Waals surface area (Å²) in [6.45, 7) is 3.05. The lowest BCUT2D eigenvalue weighted by Gasteiger charge is -2.42. The van der Waals surface area contributed by atoms with Gasteiger partial charge in [-0.2, -0.15) is 4.31 Å². The third kappa shape index (κ3) is 2.66. The standard InChI is InChI=1S/C14H22N2O3S2/c1-10-9-20-13(8-15)14(10)21(17,18)16-6-7-19-12-5-3-2-4-11(12)16/h9,11-12H,2-8,15H2,1H3. The number of aryl methyl sites for hydroxylation is 1. The molecule has 2 heterocycles. The first-order valence-electron chi connectivity index (χ1n) is 7.46. The predicted octanol–water partition coefficient (Wildman–Crippen LogP) is 1.85. The molecule has 7 heteroatoms. The van der Waals surface area contributed by atoms with Gasteiger partial charge in [0.25, 0.3) is 0 Å². The average Bonchev–Trinajstić information content (AvgIpc) is 2.88. The summed E-state index contributed by atoms with van der Waals surface area (Å²) in [6.07, 6.45) is 4.11. The number of nitrogens with zero attached hydrogens (tertiary/aromatic N) is 1. The fourth-order valence-corrected chi connectivity index (χ4v) is 6.77. The molecule has 2 N–H and O–H groups in total. The Bertz CT molecular complexity index is 610. The van der Waals surface area contributed by atoms with E-state index in [1.54, 1.807) is 4.31 Å². The van der Waals surface area contributed by atoms with Crippen LogP contribution in [0, 0.1) is 6.92 Å². The molecule has 3 rings (SSSR count). The van der Waals surface area contributed by atoms with E-state index in [2.05, 4.69) is 0 Å². The molecule has 0 amide bonds. The number of nitrogens with two attached hydrogens (primary N) is 1. The van der Waals surface area contributed by atoms with Crippen LogP contribution in [0.25, 0.3) is 0 Å². The van der Waals surface area contributed by atoms with Crippen LogP contribution in [-0.4, -0.2) is 38.0 Å². The van der Waals surface area contributed by atoms with Crippen LogP contribution in [0.15, 0.2) is 10.3 Å². The van der Waals surface area contributed by atoms with Gasteiger partial charge in [-0.15, -0.1) is 11.3 Å². The summed E-state index contributed by atoms with van der Waals surface area (Å²) in [6, 6.07) is -0.0116. The van der Waals surface area contributed by atoms with E-state index in [0.29, 0.717) is 18.0 Å². The van der Waals surface area contributed by atoms with Crippen molar-refractivity contribution in [3.05, 3.63) is 15.8 Å². The first kappa shape index (κ1) is 15.4. The van der Waals surface area contributed by atoms with Gasteiger partial charge in [-0.3, -0.25) is 0 Å². The molecule has 1 aliphatic carbocycles. The van der Waals surface area contributed by atoms with E-state index >= 15 is 0 Å². The van der Waals surface area contributed by atoms with Crippen molar-refractivity contribution in [2.45, 2.75) is 56.2 Å². The van der Waals surface area contributed by atoms with Gasteiger partial charge < -0.3 is 10.5 Å². The zero-order chi connectivity index (χ0) is 15.0. The Labute approximate surface area is 130 Å². The topological polar surface area (TPSA) is 72.6 Å². The molecule has 1 aliphatic heterocycles. The maximum Gasteiger partial charge on any atom is 0.244 e. The average molecular weight is 330 g/mol. The first-order valence-corrected chi connectivity index (χ1v) is 9.78. The summed E-state index contributed by atoms with van der Waals surface area (Å²) in [7, 11) is -3.48. The molecule has 21 heavy (non-hydrogen) atoms. The lowest BCUT2D eigenvalue weighted by atomic mass is 9.91. The first-order chi connectivity index (χ1) is 10.1. The Hall–Kier alpha value is -0.470. The second-order valence-corrected chi connectivity index (χ2v) is 8.54. The molecule has 1 saturated heterocycles. The van der Waals surface area contributed by atoms with Gasteiger partial charge in [0.1, 0.15) is 4.90 Å². The SMILES string of the molecule is Cc1csc(CN)c1S(=O)(=O)N1CCOC2CCCCC21. The minimum absolute atomic E-state index is 0.0116.